The van der Waals surface area contributed by atoms with Crippen molar-refractivity contribution < 1.29 is 9.90 Å². The van der Waals surface area contributed by atoms with Crippen molar-refractivity contribution >= 4 is 17.0 Å². The molecular weight excluding hydrogens is 360 g/mol. The quantitative estimate of drug-likeness (QED) is 0.558. The monoisotopic (exact) mass is 373 g/mol. The molecule has 3 heterocycles. The van der Waals surface area contributed by atoms with E-state index < -0.39 is 17.2 Å². The molecule has 3 aromatic heterocycles. The number of carboxylic acids is 1. The van der Waals surface area contributed by atoms with Gasteiger partial charge in [0.1, 0.15) is 0 Å². The Morgan fingerprint density at radius 3 is 2.57 bits per heavy atom. The topological polar surface area (TPSA) is 121 Å². The van der Waals surface area contributed by atoms with Crippen LogP contribution in [0.1, 0.15) is 15.9 Å². The maximum Gasteiger partial charge on any atom is 0.330 e. The van der Waals surface area contributed by atoms with Crippen molar-refractivity contribution in [3.05, 3.63) is 92.9 Å². The van der Waals surface area contributed by atoms with Crippen molar-refractivity contribution in [2.45, 2.75) is 6.54 Å². The summed E-state index contributed by atoms with van der Waals surface area (Å²) >= 11 is 0. The zero-order chi connectivity index (χ0) is 19.7. The van der Waals surface area contributed by atoms with Crippen LogP contribution in [0.15, 0.2) is 70.5 Å². The predicted octanol–water partition coefficient (Wildman–Crippen LogP) is 0.559. The number of carbonyl (C=O) groups is 1. The molecule has 4 aromatic rings. The van der Waals surface area contributed by atoms with Crippen LogP contribution in [-0.2, 0) is 6.54 Å². The molecule has 0 radical (unpaired) electrons. The maximum atomic E-state index is 12.5. The first-order chi connectivity index (χ1) is 13.5. The molecule has 0 spiro atoms. The number of aromatic nitrogens is 4. The van der Waals surface area contributed by atoms with Crippen LogP contribution in [0.2, 0.25) is 0 Å². The first-order valence-electron chi connectivity index (χ1n) is 8.38. The Morgan fingerprint density at radius 2 is 1.89 bits per heavy atom. The number of H-pyrrole nitrogens is 1. The standard InChI is InChI=1S/C20H14N4O4/c25-18-16-14(19(26)27)9-15(13-7-4-8-21-10-13)22-17(16)24(20(28)23-18)11-12-5-2-1-3-6-12/h1-10H,11H2,(H,26,27)(H,23,25,28)/p-1. The van der Waals surface area contributed by atoms with Gasteiger partial charge in [0.05, 0.1) is 23.6 Å². The van der Waals surface area contributed by atoms with Crippen LogP contribution < -0.4 is 16.4 Å². The lowest BCUT2D eigenvalue weighted by atomic mass is 10.1. The van der Waals surface area contributed by atoms with Gasteiger partial charge in [-0.05, 0) is 23.8 Å². The second kappa shape index (κ2) is 6.92. The van der Waals surface area contributed by atoms with Crippen molar-refractivity contribution in [1.29, 1.82) is 0 Å². The van der Waals surface area contributed by atoms with Gasteiger partial charge in [-0.2, -0.15) is 0 Å². The number of nitrogens with one attached hydrogen (secondary N) is 1. The van der Waals surface area contributed by atoms with Gasteiger partial charge >= 0.3 is 5.69 Å². The number of nitrogens with zero attached hydrogens (tertiary/aromatic N) is 3. The fraction of sp³-hybridized carbons (Fsp3) is 0.0500. The van der Waals surface area contributed by atoms with Crippen LogP contribution in [0.25, 0.3) is 22.3 Å². The number of fused-ring (bicyclic) bond motifs is 1. The highest BCUT2D eigenvalue weighted by molar-refractivity contribution is 6.01. The Balaban J connectivity index is 2.07. The zero-order valence-corrected chi connectivity index (χ0v) is 14.5. The van der Waals surface area contributed by atoms with Crippen LogP contribution >= 0.6 is 0 Å². The number of aromatic amines is 1. The summed E-state index contributed by atoms with van der Waals surface area (Å²) in [4.78, 5) is 47.1. The highest BCUT2D eigenvalue weighted by atomic mass is 16.4. The summed E-state index contributed by atoms with van der Waals surface area (Å²) in [6, 6.07) is 13.7. The summed E-state index contributed by atoms with van der Waals surface area (Å²) in [5.41, 5.74) is -0.264. The highest BCUT2D eigenvalue weighted by Gasteiger charge is 2.16. The average molecular weight is 373 g/mol. The van der Waals surface area contributed by atoms with E-state index in [0.717, 1.165) is 5.56 Å². The summed E-state index contributed by atoms with van der Waals surface area (Å²) in [6.07, 6.45) is 3.08. The molecule has 1 aromatic carbocycles. The fourth-order valence-corrected chi connectivity index (χ4v) is 3.01. The lowest BCUT2D eigenvalue weighted by molar-refractivity contribution is -0.254. The molecule has 0 aliphatic carbocycles. The Labute approximate surface area is 157 Å². The minimum Gasteiger partial charge on any atom is -0.545 e. The molecule has 0 aliphatic heterocycles. The van der Waals surface area contributed by atoms with Gasteiger partial charge in [-0.1, -0.05) is 30.3 Å². The van der Waals surface area contributed by atoms with E-state index in [-0.39, 0.29) is 28.8 Å². The van der Waals surface area contributed by atoms with Gasteiger partial charge in [-0.3, -0.25) is 19.3 Å². The Bertz CT molecular complexity index is 1300. The normalized spacial score (nSPS) is 10.9. The zero-order valence-electron chi connectivity index (χ0n) is 14.5. The Hall–Kier alpha value is -4.07. The van der Waals surface area contributed by atoms with E-state index in [1.807, 2.05) is 30.3 Å². The molecule has 1 N–H and O–H groups in total. The Morgan fingerprint density at radius 1 is 1.11 bits per heavy atom. The lowest BCUT2D eigenvalue weighted by Gasteiger charge is -2.14. The third kappa shape index (κ3) is 3.07. The van der Waals surface area contributed by atoms with Gasteiger partial charge in [-0.15, -0.1) is 0 Å². The summed E-state index contributed by atoms with van der Waals surface area (Å²) in [5, 5.41) is 11.5. The van der Waals surface area contributed by atoms with Crippen molar-refractivity contribution in [2.75, 3.05) is 0 Å². The predicted molar refractivity (Wildman–Crippen MR) is 99.7 cm³/mol. The molecule has 8 heteroatoms. The molecule has 8 nitrogen and oxygen atoms in total. The number of aromatic carboxylic acids is 1. The maximum absolute atomic E-state index is 12.5. The molecule has 0 atom stereocenters. The van der Waals surface area contributed by atoms with Crippen LogP contribution in [0, 0.1) is 0 Å². The van der Waals surface area contributed by atoms with Crippen LogP contribution in [0.5, 0.6) is 0 Å². The van der Waals surface area contributed by atoms with E-state index in [4.69, 9.17) is 0 Å². The van der Waals surface area contributed by atoms with Gasteiger partial charge in [0, 0.05) is 23.5 Å². The summed E-state index contributed by atoms with van der Waals surface area (Å²) < 4.78 is 1.23. The second-order valence-corrected chi connectivity index (χ2v) is 6.11. The smallest absolute Gasteiger partial charge is 0.330 e. The molecule has 138 valence electrons. The van der Waals surface area contributed by atoms with E-state index in [1.54, 1.807) is 18.3 Å². The molecule has 4 rings (SSSR count). The largest absolute Gasteiger partial charge is 0.545 e. The minimum atomic E-state index is -1.53. The third-order valence-electron chi connectivity index (χ3n) is 4.31. The molecule has 0 saturated heterocycles. The lowest BCUT2D eigenvalue weighted by Crippen LogP contribution is -2.33. The van der Waals surface area contributed by atoms with Gasteiger partial charge in [0.15, 0.2) is 5.65 Å². The second-order valence-electron chi connectivity index (χ2n) is 6.11. The number of carboxylic acid groups (broad SMARTS) is 1. The number of benzene rings is 1. The SMILES string of the molecule is O=C([O-])c1cc(-c2cccnc2)nc2c1c(=O)[nH]c(=O)n2Cc1ccccc1. The number of hydrogen-bond acceptors (Lipinski definition) is 6. The van der Waals surface area contributed by atoms with E-state index in [0.29, 0.717) is 5.56 Å². The average Bonchev–Trinajstić information content (AvgIpc) is 2.71. The molecule has 0 aliphatic rings. The van der Waals surface area contributed by atoms with Crippen molar-refractivity contribution in [3.63, 3.8) is 0 Å². The van der Waals surface area contributed by atoms with Crippen LogP contribution in [0.3, 0.4) is 0 Å². The van der Waals surface area contributed by atoms with Crippen LogP contribution in [0.4, 0.5) is 0 Å². The van der Waals surface area contributed by atoms with E-state index >= 15 is 0 Å². The van der Waals surface area contributed by atoms with Gasteiger partial charge in [0.2, 0.25) is 0 Å². The molecule has 0 fully saturated rings. The number of rotatable bonds is 4. The summed E-state index contributed by atoms with van der Waals surface area (Å²) in [5.74, 6) is -1.53. The van der Waals surface area contributed by atoms with Crippen molar-refractivity contribution in [1.82, 2.24) is 19.5 Å². The molecular formula is C20H13N4O4-. The highest BCUT2D eigenvalue weighted by Crippen LogP contribution is 2.22. The first-order valence-corrected chi connectivity index (χ1v) is 8.38. The summed E-state index contributed by atoms with van der Waals surface area (Å²) in [6.45, 7) is 0.114. The number of pyridine rings is 2. The third-order valence-corrected chi connectivity index (χ3v) is 4.31. The minimum absolute atomic E-state index is 0.0295. The molecule has 0 unspecified atom stereocenters. The van der Waals surface area contributed by atoms with Crippen molar-refractivity contribution in [3.8, 4) is 11.3 Å². The van der Waals surface area contributed by atoms with E-state index in [2.05, 4.69) is 15.0 Å². The van der Waals surface area contributed by atoms with E-state index in [9.17, 15) is 19.5 Å². The number of hydrogen-bond donors (Lipinski definition) is 1. The van der Waals surface area contributed by atoms with Gasteiger partial charge in [-0.25, -0.2) is 9.78 Å². The summed E-state index contributed by atoms with van der Waals surface area (Å²) in [7, 11) is 0. The van der Waals surface area contributed by atoms with Gasteiger partial charge < -0.3 is 9.90 Å². The van der Waals surface area contributed by atoms with Crippen LogP contribution in [-0.4, -0.2) is 25.5 Å². The molecule has 0 amide bonds. The molecule has 0 bridgehead atoms. The fourth-order valence-electron chi connectivity index (χ4n) is 3.01. The first kappa shape index (κ1) is 17.3. The van der Waals surface area contributed by atoms with Crippen molar-refractivity contribution in [2.24, 2.45) is 0 Å². The van der Waals surface area contributed by atoms with Gasteiger partial charge in [0.25, 0.3) is 5.56 Å². The number of carbonyl (C=O) groups excluding carboxylic acids is 1. The molecule has 0 saturated carbocycles. The van der Waals surface area contributed by atoms with E-state index in [1.165, 1.54) is 16.8 Å². The molecule has 28 heavy (non-hydrogen) atoms. The Kier molecular flexibility index (Phi) is 4.29.